The van der Waals surface area contributed by atoms with E-state index >= 15 is 0 Å². The lowest BCUT2D eigenvalue weighted by atomic mass is 9.98. The lowest BCUT2D eigenvalue weighted by Crippen LogP contribution is -2.39. The summed E-state index contributed by atoms with van der Waals surface area (Å²) in [4.78, 5) is 36.0. The zero-order valence-corrected chi connectivity index (χ0v) is 17.5. The van der Waals surface area contributed by atoms with Crippen LogP contribution in [0.25, 0.3) is 11.1 Å². The Morgan fingerprint density at radius 1 is 1.09 bits per heavy atom. The van der Waals surface area contributed by atoms with Crippen LogP contribution < -0.4 is 10.6 Å². The first-order valence-corrected chi connectivity index (χ1v) is 10.0. The summed E-state index contributed by atoms with van der Waals surface area (Å²) in [5.74, 6) is -1.94. The Balaban J connectivity index is 1.46. The molecule has 4 rings (SSSR count). The van der Waals surface area contributed by atoms with Crippen molar-refractivity contribution in [2.45, 2.75) is 18.9 Å². The summed E-state index contributed by atoms with van der Waals surface area (Å²) >= 11 is 0. The van der Waals surface area contributed by atoms with Gasteiger partial charge in [-0.1, -0.05) is 48.5 Å². The normalized spacial score (nSPS) is 13.1. The lowest BCUT2D eigenvalue weighted by molar-refractivity contribution is -0.138. The third kappa shape index (κ3) is 3.92. The van der Waals surface area contributed by atoms with Gasteiger partial charge in [-0.2, -0.15) is 5.10 Å². The summed E-state index contributed by atoms with van der Waals surface area (Å²) in [6, 6.07) is 14.9. The van der Waals surface area contributed by atoms with Gasteiger partial charge >= 0.3 is 12.1 Å². The number of carbonyl (C=O) groups is 3. The number of fused-ring (bicyclic) bond motifs is 3. The molecule has 3 N–H and O–H groups in total. The highest BCUT2D eigenvalue weighted by atomic mass is 16.5. The van der Waals surface area contributed by atoms with Crippen molar-refractivity contribution in [2.24, 2.45) is 7.05 Å². The molecule has 0 fully saturated rings. The van der Waals surface area contributed by atoms with Crippen LogP contribution >= 0.6 is 0 Å². The Kier molecular flexibility index (Phi) is 5.63. The fourth-order valence-corrected chi connectivity index (χ4v) is 3.87. The van der Waals surface area contributed by atoms with Crippen LogP contribution in [0.15, 0.2) is 54.7 Å². The van der Waals surface area contributed by atoms with Gasteiger partial charge in [0.2, 0.25) is 0 Å². The Bertz CT molecular complexity index is 1160. The minimum Gasteiger partial charge on any atom is -0.480 e. The van der Waals surface area contributed by atoms with Crippen molar-refractivity contribution in [1.29, 1.82) is 0 Å². The first-order valence-electron chi connectivity index (χ1n) is 10.0. The molecule has 0 aliphatic heterocycles. The van der Waals surface area contributed by atoms with Crippen LogP contribution in [0.2, 0.25) is 0 Å². The summed E-state index contributed by atoms with van der Waals surface area (Å²) in [6.45, 7) is 1.47. The van der Waals surface area contributed by atoms with Gasteiger partial charge in [0.1, 0.15) is 18.3 Å². The number of rotatable bonds is 6. The number of ether oxygens (including phenoxy) is 1. The molecule has 0 bridgehead atoms. The molecule has 1 unspecified atom stereocenters. The average Bonchev–Trinajstić information content (AvgIpc) is 3.29. The quantitative estimate of drug-likeness (QED) is 0.548. The van der Waals surface area contributed by atoms with Crippen molar-refractivity contribution in [3.05, 3.63) is 71.5 Å². The minimum absolute atomic E-state index is 0.0200. The number of amides is 2. The number of hydrogen-bond acceptors (Lipinski definition) is 5. The Labute approximate surface area is 184 Å². The van der Waals surface area contributed by atoms with Crippen molar-refractivity contribution in [3.63, 3.8) is 0 Å². The Morgan fingerprint density at radius 2 is 1.69 bits per heavy atom. The van der Waals surface area contributed by atoms with Crippen molar-refractivity contribution < 1.29 is 24.2 Å². The molecular formula is C23H22N4O5. The van der Waals surface area contributed by atoms with Gasteiger partial charge in [-0.25, -0.2) is 4.79 Å². The predicted molar refractivity (Wildman–Crippen MR) is 116 cm³/mol. The number of carboxylic acid groups (broad SMARTS) is 1. The van der Waals surface area contributed by atoms with Gasteiger partial charge in [-0.3, -0.25) is 19.6 Å². The van der Waals surface area contributed by atoms with Gasteiger partial charge in [0.05, 0.1) is 11.9 Å². The third-order valence-corrected chi connectivity index (χ3v) is 5.45. The standard InChI is InChI=1S/C23H22N4O5/c1-13(22(29)30)25-21(28)20-19(11-24-27(20)2)26-23(31)32-12-18-16-9-5-3-7-14(16)15-8-4-6-10-17(15)18/h3-11,13,18H,12H2,1-2H3,(H,25,28)(H,26,31)(H,29,30). The Hall–Kier alpha value is -4.14. The number of carbonyl (C=O) groups excluding carboxylic acids is 2. The smallest absolute Gasteiger partial charge is 0.411 e. The van der Waals surface area contributed by atoms with Crippen LogP contribution in [0, 0.1) is 0 Å². The topological polar surface area (TPSA) is 123 Å². The number of aryl methyl sites for hydroxylation is 1. The molecule has 2 aromatic carbocycles. The second kappa shape index (κ2) is 8.54. The number of aromatic nitrogens is 2. The second-order valence-corrected chi connectivity index (χ2v) is 7.51. The predicted octanol–water partition coefficient (Wildman–Crippen LogP) is 2.98. The van der Waals surface area contributed by atoms with Gasteiger partial charge in [0, 0.05) is 13.0 Å². The third-order valence-electron chi connectivity index (χ3n) is 5.45. The Morgan fingerprint density at radius 3 is 2.28 bits per heavy atom. The number of nitrogens with one attached hydrogen (secondary N) is 2. The molecule has 9 nitrogen and oxygen atoms in total. The van der Waals surface area contributed by atoms with Crippen molar-refractivity contribution in [3.8, 4) is 11.1 Å². The molecule has 1 heterocycles. The highest BCUT2D eigenvalue weighted by molar-refractivity contribution is 6.02. The van der Waals surface area contributed by atoms with Gasteiger partial charge in [-0.15, -0.1) is 0 Å². The van der Waals surface area contributed by atoms with E-state index in [0.29, 0.717) is 0 Å². The molecular weight excluding hydrogens is 412 g/mol. The second-order valence-electron chi connectivity index (χ2n) is 7.51. The van der Waals surface area contributed by atoms with Gasteiger partial charge in [0.15, 0.2) is 0 Å². The van der Waals surface area contributed by atoms with Crippen LogP contribution in [-0.2, 0) is 16.6 Å². The summed E-state index contributed by atoms with van der Waals surface area (Å²) in [5, 5.41) is 17.9. The summed E-state index contributed by atoms with van der Waals surface area (Å²) in [6.07, 6.45) is 0.571. The zero-order valence-electron chi connectivity index (χ0n) is 17.5. The maximum atomic E-state index is 12.5. The first kappa shape index (κ1) is 21.1. The SMILES string of the molecule is CC(NC(=O)c1c(NC(=O)OCC2c3ccccc3-c3ccccc32)cnn1C)C(=O)O. The monoisotopic (exact) mass is 434 g/mol. The molecule has 0 saturated heterocycles. The van der Waals surface area contributed by atoms with E-state index in [-0.39, 0.29) is 23.9 Å². The molecule has 3 aromatic rings. The molecule has 0 radical (unpaired) electrons. The zero-order chi connectivity index (χ0) is 22.8. The van der Waals surface area contributed by atoms with Gasteiger partial charge in [0.25, 0.3) is 5.91 Å². The maximum Gasteiger partial charge on any atom is 0.411 e. The van der Waals surface area contributed by atoms with Crippen molar-refractivity contribution in [1.82, 2.24) is 15.1 Å². The molecule has 1 aliphatic rings. The van der Waals surface area contributed by atoms with Gasteiger partial charge in [-0.05, 0) is 29.2 Å². The van der Waals surface area contributed by atoms with E-state index in [1.807, 2.05) is 48.5 Å². The number of nitrogens with zero attached hydrogens (tertiary/aromatic N) is 2. The first-order chi connectivity index (χ1) is 15.4. The number of anilines is 1. The number of carboxylic acids is 1. The van der Waals surface area contributed by atoms with Crippen molar-refractivity contribution in [2.75, 3.05) is 11.9 Å². The lowest BCUT2D eigenvalue weighted by Gasteiger charge is -2.15. The minimum atomic E-state index is -1.17. The summed E-state index contributed by atoms with van der Waals surface area (Å²) in [7, 11) is 1.52. The number of benzene rings is 2. The van der Waals surface area contributed by atoms with Crippen LogP contribution in [0.4, 0.5) is 10.5 Å². The van der Waals surface area contributed by atoms with Crippen LogP contribution in [0.5, 0.6) is 0 Å². The molecule has 1 aromatic heterocycles. The highest BCUT2D eigenvalue weighted by Crippen LogP contribution is 2.44. The molecule has 164 valence electrons. The molecule has 2 amide bonds. The summed E-state index contributed by atoms with van der Waals surface area (Å²) in [5.41, 5.74) is 4.56. The average molecular weight is 434 g/mol. The molecule has 0 saturated carbocycles. The molecule has 9 heteroatoms. The van der Waals surface area contributed by atoms with E-state index in [4.69, 9.17) is 9.84 Å². The highest BCUT2D eigenvalue weighted by Gasteiger charge is 2.29. The van der Waals surface area contributed by atoms with E-state index in [2.05, 4.69) is 15.7 Å². The molecule has 32 heavy (non-hydrogen) atoms. The molecule has 1 aliphatic carbocycles. The van der Waals surface area contributed by atoms with E-state index in [1.165, 1.54) is 24.9 Å². The van der Waals surface area contributed by atoms with E-state index in [1.54, 1.807) is 0 Å². The van der Waals surface area contributed by atoms with E-state index in [0.717, 1.165) is 22.3 Å². The fourth-order valence-electron chi connectivity index (χ4n) is 3.87. The van der Waals surface area contributed by atoms with Crippen molar-refractivity contribution >= 4 is 23.7 Å². The number of hydrogen-bond donors (Lipinski definition) is 3. The molecule has 0 spiro atoms. The van der Waals surface area contributed by atoms with Gasteiger partial charge < -0.3 is 15.2 Å². The molecule has 1 atom stereocenters. The van der Waals surface area contributed by atoms with E-state index in [9.17, 15) is 14.4 Å². The van der Waals surface area contributed by atoms with Crippen LogP contribution in [-0.4, -0.2) is 45.5 Å². The van der Waals surface area contributed by atoms with Crippen LogP contribution in [0.3, 0.4) is 0 Å². The maximum absolute atomic E-state index is 12.5. The summed E-state index contributed by atoms with van der Waals surface area (Å²) < 4.78 is 6.75. The van der Waals surface area contributed by atoms with E-state index < -0.39 is 24.0 Å². The number of aliphatic carboxylic acids is 1. The fraction of sp³-hybridized carbons (Fsp3) is 0.217. The van der Waals surface area contributed by atoms with Crippen LogP contribution in [0.1, 0.15) is 34.5 Å². The largest absolute Gasteiger partial charge is 0.480 e.